The van der Waals surface area contributed by atoms with Crippen LogP contribution >= 0.6 is 0 Å². The van der Waals surface area contributed by atoms with E-state index in [1.54, 1.807) is 19.1 Å². The van der Waals surface area contributed by atoms with Crippen LogP contribution in [0.1, 0.15) is 20.3 Å². The summed E-state index contributed by atoms with van der Waals surface area (Å²) in [6.45, 7) is 2.79. The number of carbonyl (C=O) groups excluding carboxylic acids is 2. The van der Waals surface area contributed by atoms with Gasteiger partial charge in [-0.1, -0.05) is 50.6 Å². The molecule has 3 N–H and O–H groups in total. The second kappa shape index (κ2) is 11.1. The highest BCUT2D eigenvalue weighted by molar-refractivity contribution is 5.94. The first-order chi connectivity index (χ1) is 16.3. The van der Waals surface area contributed by atoms with Crippen molar-refractivity contribution in [3.8, 4) is 16.9 Å². The molecule has 9 nitrogen and oxygen atoms in total. The molecule has 178 valence electrons. The molecule has 0 bridgehead atoms. The summed E-state index contributed by atoms with van der Waals surface area (Å²) in [7, 11) is 0. The average Bonchev–Trinajstić information content (AvgIpc) is 2.83. The number of fused-ring (bicyclic) bond motifs is 1. The van der Waals surface area contributed by atoms with Crippen LogP contribution < -0.4 is 21.0 Å². The Balaban J connectivity index is 1.60. The Morgan fingerprint density at radius 2 is 1.79 bits per heavy atom. The van der Waals surface area contributed by atoms with Crippen molar-refractivity contribution in [1.29, 1.82) is 0 Å². The average molecular weight is 466 g/mol. The number of benzene rings is 2. The van der Waals surface area contributed by atoms with Crippen LogP contribution in [0.15, 0.2) is 63.8 Å². The van der Waals surface area contributed by atoms with E-state index in [1.807, 2.05) is 37.3 Å². The van der Waals surface area contributed by atoms with Crippen LogP contribution in [0.2, 0.25) is 0 Å². The van der Waals surface area contributed by atoms with Crippen molar-refractivity contribution in [3.63, 3.8) is 0 Å². The second-order valence-electron chi connectivity index (χ2n) is 7.84. The third-order valence-electron chi connectivity index (χ3n) is 5.41. The molecular weight excluding hydrogens is 440 g/mol. The molecule has 3 aromatic rings. The first-order valence-electron chi connectivity index (χ1n) is 10.8. The summed E-state index contributed by atoms with van der Waals surface area (Å²) < 4.78 is 10.8. The zero-order valence-electron chi connectivity index (χ0n) is 18.9. The molecule has 0 saturated heterocycles. The lowest BCUT2D eigenvalue weighted by Gasteiger charge is -2.20. The molecule has 0 aliphatic heterocycles. The lowest BCUT2D eigenvalue weighted by molar-refractivity contribution is -0.143. The Morgan fingerprint density at radius 3 is 2.47 bits per heavy atom. The van der Waals surface area contributed by atoms with Gasteiger partial charge in [0.15, 0.2) is 6.61 Å². The van der Waals surface area contributed by atoms with Crippen LogP contribution in [0.4, 0.5) is 0 Å². The highest BCUT2D eigenvalue weighted by Gasteiger charge is 2.25. The van der Waals surface area contributed by atoms with Crippen molar-refractivity contribution < 1.29 is 28.6 Å². The zero-order valence-corrected chi connectivity index (χ0v) is 18.9. The minimum atomic E-state index is -1.13. The smallest absolute Gasteiger partial charge is 0.336 e. The number of hydrogen-bond donors (Lipinski definition) is 3. The molecule has 34 heavy (non-hydrogen) atoms. The van der Waals surface area contributed by atoms with Crippen LogP contribution in [-0.2, 0) is 14.4 Å². The number of carboxylic acids is 1. The van der Waals surface area contributed by atoms with Gasteiger partial charge in [-0.3, -0.25) is 9.59 Å². The highest BCUT2D eigenvalue weighted by atomic mass is 16.5. The van der Waals surface area contributed by atoms with Crippen LogP contribution in [0.25, 0.3) is 22.1 Å². The number of aliphatic carboxylic acids is 1. The lowest BCUT2D eigenvalue weighted by atomic mass is 9.99. The third-order valence-corrected chi connectivity index (χ3v) is 5.41. The topological polar surface area (TPSA) is 135 Å². The fraction of sp³-hybridized carbons (Fsp3) is 0.280. The van der Waals surface area contributed by atoms with Gasteiger partial charge < -0.3 is 24.9 Å². The van der Waals surface area contributed by atoms with Gasteiger partial charge in [0.25, 0.3) is 5.91 Å². The minimum Gasteiger partial charge on any atom is -0.484 e. The second-order valence-corrected chi connectivity index (χ2v) is 7.84. The van der Waals surface area contributed by atoms with Crippen molar-refractivity contribution in [2.75, 3.05) is 13.2 Å². The van der Waals surface area contributed by atoms with E-state index >= 15 is 0 Å². The molecule has 2 atom stereocenters. The molecule has 2 aromatic carbocycles. The van der Waals surface area contributed by atoms with Crippen LogP contribution in [0, 0.1) is 5.92 Å². The van der Waals surface area contributed by atoms with Crippen molar-refractivity contribution >= 4 is 28.8 Å². The molecule has 3 rings (SSSR count). The van der Waals surface area contributed by atoms with Crippen molar-refractivity contribution in [3.05, 3.63) is 65.0 Å². The number of hydrogen-bond acceptors (Lipinski definition) is 6. The summed E-state index contributed by atoms with van der Waals surface area (Å²) in [6.07, 6.45) is 0.580. The maximum absolute atomic E-state index is 12.1. The standard InChI is InChI=1S/C25H26N2O7/c1-3-15(2)24(25(31)32)27-21(28)13-26-22(29)14-33-17-9-10-18-19(16-7-5-4-6-8-16)12-23(30)34-20(18)11-17/h4-12,15,24H,3,13-14H2,1-2H3,(H,26,29)(H,27,28)(H,31,32)/t15-,24-/m0/s1. The Morgan fingerprint density at radius 1 is 1.06 bits per heavy atom. The Labute approximate surface area is 195 Å². The first-order valence-corrected chi connectivity index (χ1v) is 10.8. The third kappa shape index (κ3) is 6.22. The predicted octanol–water partition coefficient (Wildman–Crippen LogP) is 2.57. The van der Waals surface area contributed by atoms with Crippen molar-refractivity contribution in [1.82, 2.24) is 10.6 Å². The van der Waals surface area contributed by atoms with Gasteiger partial charge in [0, 0.05) is 17.5 Å². The molecule has 9 heteroatoms. The number of amides is 2. The summed E-state index contributed by atoms with van der Waals surface area (Å²) in [5.74, 6) is -2.25. The Kier molecular flexibility index (Phi) is 8.02. The van der Waals surface area contributed by atoms with E-state index in [1.165, 1.54) is 12.1 Å². The normalized spacial score (nSPS) is 12.5. The summed E-state index contributed by atoms with van der Waals surface area (Å²) in [6, 6.07) is 14.7. The first kappa shape index (κ1) is 24.5. The number of carbonyl (C=O) groups is 3. The van der Waals surface area contributed by atoms with Gasteiger partial charge in [0.05, 0.1) is 6.54 Å². The summed E-state index contributed by atoms with van der Waals surface area (Å²) >= 11 is 0. The molecule has 0 spiro atoms. The van der Waals surface area contributed by atoms with Crippen LogP contribution in [0.3, 0.4) is 0 Å². The number of nitrogens with one attached hydrogen (secondary N) is 2. The fourth-order valence-corrected chi connectivity index (χ4v) is 3.38. The van der Waals surface area contributed by atoms with E-state index < -0.39 is 29.5 Å². The maximum Gasteiger partial charge on any atom is 0.336 e. The highest BCUT2D eigenvalue weighted by Crippen LogP contribution is 2.29. The summed E-state index contributed by atoms with van der Waals surface area (Å²) in [5.41, 5.74) is 1.39. The van der Waals surface area contributed by atoms with Gasteiger partial charge in [-0.2, -0.15) is 0 Å². The van der Waals surface area contributed by atoms with Gasteiger partial charge in [-0.05, 0) is 29.2 Å². The number of rotatable bonds is 10. The van der Waals surface area contributed by atoms with E-state index in [0.717, 1.165) is 11.1 Å². The van der Waals surface area contributed by atoms with Crippen LogP contribution in [0.5, 0.6) is 5.75 Å². The molecule has 0 unspecified atom stereocenters. The molecule has 1 heterocycles. The molecule has 2 amide bonds. The van der Waals surface area contributed by atoms with E-state index in [4.69, 9.17) is 9.15 Å². The zero-order chi connectivity index (χ0) is 24.7. The molecule has 0 saturated carbocycles. The van der Waals surface area contributed by atoms with Gasteiger partial charge in [-0.25, -0.2) is 9.59 Å². The molecule has 0 aliphatic carbocycles. The van der Waals surface area contributed by atoms with Crippen molar-refractivity contribution in [2.24, 2.45) is 5.92 Å². The molecule has 0 aliphatic rings. The molecule has 1 aromatic heterocycles. The van der Waals surface area contributed by atoms with E-state index in [2.05, 4.69) is 10.6 Å². The maximum atomic E-state index is 12.1. The fourth-order valence-electron chi connectivity index (χ4n) is 3.38. The number of ether oxygens (including phenoxy) is 1. The number of carboxylic acid groups (broad SMARTS) is 1. The van der Waals surface area contributed by atoms with E-state index in [0.29, 0.717) is 23.1 Å². The monoisotopic (exact) mass is 466 g/mol. The van der Waals surface area contributed by atoms with Gasteiger partial charge in [0.1, 0.15) is 17.4 Å². The molecule has 0 fully saturated rings. The molecule has 0 radical (unpaired) electrons. The SMILES string of the molecule is CC[C@H](C)[C@H](NC(=O)CNC(=O)COc1ccc2c(-c3ccccc3)cc(=O)oc2c1)C(=O)O. The van der Waals surface area contributed by atoms with Gasteiger partial charge >= 0.3 is 11.6 Å². The molecular formula is C25H26N2O7. The minimum absolute atomic E-state index is 0.254. The Hall–Kier alpha value is -4.14. The van der Waals surface area contributed by atoms with Crippen LogP contribution in [-0.4, -0.2) is 42.1 Å². The van der Waals surface area contributed by atoms with E-state index in [-0.39, 0.29) is 19.1 Å². The predicted molar refractivity (Wildman–Crippen MR) is 125 cm³/mol. The van der Waals surface area contributed by atoms with Gasteiger partial charge in [0.2, 0.25) is 5.91 Å². The largest absolute Gasteiger partial charge is 0.484 e. The quantitative estimate of drug-likeness (QED) is 0.391. The van der Waals surface area contributed by atoms with Gasteiger partial charge in [-0.15, -0.1) is 0 Å². The summed E-state index contributed by atoms with van der Waals surface area (Å²) in [5, 5.41) is 14.7. The van der Waals surface area contributed by atoms with Crippen molar-refractivity contribution in [2.45, 2.75) is 26.3 Å². The summed E-state index contributed by atoms with van der Waals surface area (Å²) in [4.78, 5) is 47.4. The van der Waals surface area contributed by atoms with E-state index in [9.17, 15) is 24.3 Å². The Bertz CT molecular complexity index is 1240. The lowest BCUT2D eigenvalue weighted by Crippen LogP contribution is -2.48.